The van der Waals surface area contributed by atoms with Gasteiger partial charge in [-0.1, -0.05) is 18.2 Å². The van der Waals surface area contributed by atoms with Gasteiger partial charge in [0.25, 0.3) is 5.91 Å². The fourth-order valence-electron chi connectivity index (χ4n) is 6.13. The quantitative estimate of drug-likeness (QED) is 0.153. The van der Waals surface area contributed by atoms with Crippen molar-refractivity contribution in [3.8, 4) is 11.1 Å². The highest BCUT2D eigenvalue weighted by Crippen LogP contribution is 2.37. The lowest BCUT2D eigenvalue weighted by molar-refractivity contribution is -0.259. The van der Waals surface area contributed by atoms with Gasteiger partial charge < -0.3 is 15.8 Å². The zero-order chi connectivity index (χ0) is 35.4. The molecule has 0 fully saturated rings. The molecular formula is C36H31F5N6O3. The van der Waals surface area contributed by atoms with E-state index in [1.807, 2.05) is 0 Å². The minimum absolute atomic E-state index is 0.143. The summed E-state index contributed by atoms with van der Waals surface area (Å²) in [7, 11) is 0. The second-order valence-electron chi connectivity index (χ2n) is 11.9. The van der Waals surface area contributed by atoms with Crippen molar-refractivity contribution in [3.63, 3.8) is 0 Å². The van der Waals surface area contributed by atoms with Crippen LogP contribution >= 0.6 is 0 Å². The molecule has 0 spiro atoms. The van der Waals surface area contributed by atoms with Crippen LogP contribution in [0.1, 0.15) is 63.1 Å². The van der Waals surface area contributed by atoms with Crippen molar-refractivity contribution in [2.45, 2.75) is 57.4 Å². The number of rotatable bonds is 12. The molecule has 1 aliphatic rings. The summed E-state index contributed by atoms with van der Waals surface area (Å²) in [5, 5.41) is 7.00. The highest BCUT2D eigenvalue weighted by atomic mass is 19.3. The van der Waals surface area contributed by atoms with Crippen LogP contribution in [0.2, 0.25) is 0 Å². The number of carbonyl (C=O) groups is 2. The molecule has 258 valence electrons. The molecule has 3 N–H and O–H groups in total. The maximum Gasteiger partial charge on any atom is 0.402 e. The van der Waals surface area contributed by atoms with Crippen LogP contribution in [0.4, 0.5) is 22.0 Å². The molecule has 0 bridgehead atoms. The van der Waals surface area contributed by atoms with Gasteiger partial charge in [-0.25, -0.2) is 13.2 Å². The third-order valence-corrected chi connectivity index (χ3v) is 8.36. The number of ether oxygens (including phenoxy) is 1. The molecule has 5 aromatic rings. The van der Waals surface area contributed by atoms with Gasteiger partial charge in [0.1, 0.15) is 24.0 Å². The van der Waals surface area contributed by atoms with Crippen molar-refractivity contribution in [1.82, 2.24) is 25.1 Å². The summed E-state index contributed by atoms with van der Waals surface area (Å²) in [6.45, 7) is -0.920. The number of benzene rings is 2. The van der Waals surface area contributed by atoms with E-state index in [0.29, 0.717) is 59.8 Å². The monoisotopic (exact) mass is 690 g/mol. The number of nitrogens with two attached hydrogens (primary N) is 1. The van der Waals surface area contributed by atoms with Crippen LogP contribution in [-0.4, -0.2) is 31.6 Å². The first kappa shape index (κ1) is 34.4. The van der Waals surface area contributed by atoms with Crippen molar-refractivity contribution in [2.24, 2.45) is 5.73 Å². The van der Waals surface area contributed by atoms with Gasteiger partial charge >= 0.3 is 6.11 Å². The SMILES string of the molecule is NC(=O)c1cc(-c2cccnc2[C@H](Cc2cc(F)cc(F)c2)NC(=O)Cn2nc(C(F)(F)OCc3ccccn3)c3c2CCCC3)ccc1F. The molecule has 50 heavy (non-hydrogen) atoms. The number of aromatic nitrogens is 4. The number of alkyl halides is 2. The average Bonchev–Trinajstić information content (AvgIpc) is 3.46. The number of pyridine rings is 2. The summed E-state index contributed by atoms with van der Waals surface area (Å²) < 4.78 is 80.0. The number of nitrogens with zero attached hydrogens (tertiary/aromatic N) is 4. The number of fused-ring (bicyclic) bond motifs is 1. The lowest BCUT2D eigenvalue weighted by atomic mass is 9.94. The molecule has 0 unspecified atom stereocenters. The van der Waals surface area contributed by atoms with E-state index in [1.54, 1.807) is 30.3 Å². The van der Waals surface area contributed by atoms with Gasteiger partial charge in [0.05, 0.1) is 29.6 Å². The Kier molecular flexibility index (Phi) is 10.00. The van der Waals surface area contributed by atoms with E-state index in [2.05, 4.69) is 20.4 Å². The zero-order valence-corrected chi connectivity index (χ0v) is 26.5. The normalized spacial score (nSPS) is 13.5. The molecule has 1 aliphatic carbocycles. The van der Waals surface area contributed by atoms with E-state index in [0.717, 1.165) is 18.2 Å². The maximum absolute atomic E-state index is 15.5. The van der Waals surface area contributed by atoms with Crippen molar-refractivity contribution in [3.05, 3.63) is 136 Å². The van der Waals surface area contributed by atoms with Crippen LogP contribution in [0.5, 0.6) is 0 Å². The lowest BCUT2D eigenvalue weighted by Crippen LogP contribution is -2.34. The summed E-state index contributed by atoms with van der Waals surface area (Å²) in [5.74, 6) is -4.15. The molecular weight excluding hydrogens is 659 g/mol. The van der Waals surface area contributed by atoms with Crippen molar-refractivity contribution < 1.29 is 36.3 Å². The largest absolute Gasteiger partial charge is 0.402 e. The van der Waals surface area contributed by atoms with Gasteiger partial charge in [-0.2, -0.15) is 13.9 Å². The lowest BCUT2D eigenvalue weighted by Gasteiger charge is -2.22. The predicted molar refractivity (Wildman–Crippen MR) is 171 cm³/mol. The molecule has 2 amide bonds. The molecule has 14 heteroatoms. The molecule has 6 rings (SSSR count). The van der Waals surface area contributed by atoms with Crippen LogP contribution in [0.3, 0.4) is 0 Å². The Hall–Kier alpha value is -5.50. The van der Waals surface area contributed by atoms with Crippen LogP contribution < -0.4 is 11.1 Å². The Morgan fingerprint density at radius 1 is 0.940 bits per heavy atom. The third-order valence-electron chi connectivity index (χ3n) is 8.36. The van der Waals surface area contributed by atoms with E-state index in [4.69, 9.17) is 10.5 Å². The van der Waals surface area contributed by atoms with Crippen LogP contribution in [-0.2, 0) is 48.1 Å². The molecule has 2 aromatic carbocycles. The van der Waals surface area contributed by atoms with Gasteiger partial charge in [-0.3, -0.25) is 24.2 Å². The number of primary amides is 1. The standard InChI is InChI=1S/C36H31F5N6O3/c37-23-14-21(15-24(38)18-23)16-30(33-26(8-5-13-44-33)22-10-11-29(39)28(17-22)35(42)49)45-32(48)19-47-31-9-2-1-7-27(31)34(46-47)36(40,41)50-20-25-6-3-4-12-43-25/h3-6,8,10-15,17-18,30H,1-2,7,9,16,19-20H2,(H2,42,49)(H,45,48)/t30-/m0/s1. The Morgan fingerprint density at radius 3 is 2.44 bits per heavy atom. The summed E-state index contributed by atoms with van der Waals surface area (Å²) in [6.07, 6.45) is 1.09. The Balaban J connectivity index is 1.32. The van der Waals surface area contributed by atoms with Crippen molar-refractivity contribution in [2.75, 3.05) is 0 Å². The van der Waals surface area contributed by atoms with Crippen molar-refractivity contribution in [1.29, 1.82) is 0 Å². The number of hydrogen-bond acceptors (Lipinski definition) is 6. The van der Waals surface area contributed by atoms with Crippen molar-refractivity contribution >= 4 is 11.8 Å². The predicted octanol–water partition coefficient (Wildman–Crippen LogP) is 6.10. The Bertz CT molecular complexity index is 2020. The number of carbonyl (C=O) groups excluding carboxylic acids is 2. The second-order valence-corrected chi connectivity index (χ2v) is 11.9. The van der Waals surface area contributed by atoms with Gasteiger partial charge in [0, 0.05) is 35.3 Å². The molecule has 0 aliphatic heterocycles. The van der Waals surface area contributed by atoms with Gasteiger partial charge in [-0.15, -0.1) is 0 Å². The summed E-state index contributed by atoms with van der Waals surface area (Å²) >= 11 is 0. The molecule has 0 saturated heterocycles. The average molecular weight is 691 g/mol. The summed E-state index contributed by atoms with van der Waals surface area (Å²) in [4.78, 5) is 34.1. The van der Waals surface area contributed by atoms with E-state index < -0.39 is 60.3 Å². The highest BCUT2D eigenvalue weighted by Gasteiger charge is 2.41. The van der Waals surface area contributed by atoms with E-state index in [1.165, 1.54) is 29.2 Å². The number of nitrogens with one attached hydrogen (secondary N) is 1. The molecule has 3 heterocycles. The fourth-order valence-corrected chi connectivity index (χ4v) is 6.13. The molecule has 9 nitrogen and oxygen atoms in total. The Morgan fingerprint density at radius 2 is 1.70 bits per heavy atom. The first-order chi connectivity index (χ1) is 24.0. The van der Waals surface area contributed by atoms with Gasteiger partial charge in [-0.05, 0) is 85.7 Å². The summed E-state index contributed by atoms with van der Waals surface area (Å²) in [5.41, 5.74) is 6.65. The van der Waals surface area contributed by atoms with E-state index >= 15 is 8.78 Å². The summed E-state index contributed by atoms with van der Waals surface area (Å²) in [6, 6.07) is 13.7. The van der Waals surface area contributed by atoms with E-state index in [-0.39, 0.29) is 23.2 Å². The van der Waals surface area contributed by atoms with E-state index in [9.17, 15) is 22.8 Å². The second kappa shape index (κ2) is 14.5. The topological polar surface area (TPSA) is 125 Å². The highest BCUT2D eigenvalue weighted by molar-refractivity contribution is 5.94. The Labute approximate surface area is 283 Å². The van der Waals surface area contributed by atoms with Crippen LogP contribution in [0, 0.1) is 17.5 Å². The number of amides is 2. The van der Waals surface area contributed by atoms with Crippen LogP contribution in [0.15, 0.2) is 79.1 Å². The van der Waals surface area contributed by atoms with Crippen LogP contribution in [0.25, 0.3) is 11.1 Å². The number of halogens is 5. The minimum Gasteiger partial charge on any atom is -0.366 e. The minimum atomic E-state index is -3.77. The first-order valence-corrected chi connectivity index (χ1v) is 15.8. The smallest absolute Gasteiger partial charge is 0.366 e. The molecule has 3 aromatic heterocycles. The third kappa shape index (κ3) is 7.70. The first-order valence-electron chi connectivity index (χ1n) is 15.8. The molecule has 1 atom stereocenters. The fraction of sp³-hybridized carbons (Fsp3) is 0.250. The number of hydrogen-bond donors (Lipinski definition) is 2. The van der Waals surface area contributed by atoms with Gasteiger partial charge in [0.2, 0.25) is 5.91 Å². The maximum atomic E-state index is 15.5. The van der Waals surface area contributed by atoms with Gasteiger partial charge in [0.15, 0.2) is 5.69 Å². The molecule has 0 saturated carbocycles. The molecule has 0 radical (unpaired) electrons. The zero-order valence-electron chi connectivity index (χ0n) is 26.5.